The Hall–Kier alpha value is -0.253. The molecule has 0 bridgehead atoms. The quantitative estimate of drug-likeness (QED) is 0.554. The third-order valence-corrected chi connectivity index (χ3v) is 12.1. The molecule has 0 amide bonds. The van der Waals surface area contributed by atoms with E-state index in [0.717, 1.165) is 0 Å². The van der Waals surface area contributed by atoms with E-state index in [-0.39, 0.29) is 11.1 Å². The maximum absolute atomic E-state index is 6.51. The van der Waals surface area contributed by atoms with Crippen molar-refractivity contribution in [1.82, 2.24) is 4.67 Å². The molecule has 3 atom stereocenters. The van der Waals surface area contributed by atoms with Crippen LogP contribution in [0.15, 0.2) is 30.3 Å². The van der Waals surface area contributed by atoms with Gasteiger partial charge in [0, 0.05) is 6.04 Å². The van der Waals surface area contributed by atoms with E-state index in [2.05, 4.69) is 76.8 Å². The van der Waals surface area contributed by atoms with Crippen molar-refractivity contribution in [1.29, 1.82) is 0 Å². The first-order chi connectivity index (χ1) is 9.63. The lowest BCUT2D eigenvalue weighted by molar-refractivity contribution is 0.209. The van der Waals surface area contributed by atoms with Gasteiger partial charge in [-0.3, -0.25) is 0 Å². The Balaban J connectivity index is 2.14. The first-order valence-electron chi connectivity index (χ1n) is 7.57. The molecule has 2 rings (SSSR count). The van der Waals surface area contributed by atoms with Gasteiger partial charge in [0.1, 0.15) is 6.10 Å². The van der Waals surface area contributed by atoms with Crippen molar-refractivity contribution in [2.24, 2.45) is 0 Å². The zero-order chi connectivity index (χ0) is 15.8. The van der Waals surface area contributed by atoms with Gasteiger partial charge in [-0.2, -0.15) is 0 Å². The lowest BCUT2D eigenvalue weighted by Crippen LogP contribution is -2.40. The molecule has 1 aromatic rings. The lowest BCUT2D eigenvalue weighted by Gasteiger charge is -2.38. The molecule has 21 heavy (non-hydrogen) atoms. The Labute approximate surface area is 131 Å². The third kappa shape index (κ3) is 3.57. The topological polar surface area (TPSA) is 21.7 Å². The second kappa shape index (κ2) is 6.09. The second-order valence-corrected chi connectivity index (χ2v) is 13.9. The molecule has 0 N–H and O–H groups in total. The number of likely N-dealkylation sites (N-methyl/N-ethyl adjacent to an activating group) is 1. The van der Waals surface area contributed by atoms with Crippen LogP contribution < -0.4 is 0 Å². The highest BCUT2D eigenvalue weighted by atomic mass is 31.2. The zero-order valence-electron chi connectivity index (χ0n) is 14.3. The minimum Gasteiger partial charge on any atom is -0.363 e. The second-order valence-electron chi connectivity index (χ2n) is 7.34. The SMILES string of the molecule is C[C@H]1[C@@H](c2ccccc2)O[P@@](O[Si](C)(C)C(C)(C)C)N1C. The summed E-state index contributed by atoms with van der Waals surface area (Å²) in [5.74, 6) is 0. The minimum atomic E-state index is -1.81. The maximum Gasteiger partial charge on any atom is 0.248 e. The molecule has 5 heteroatoms. The molecule has 1 fully saturated rings. The van der Waals surface area contributed by atoms with Crippen LogP contribution in [-0.4, -0.2) is 26.1 Å². The van der Waals surface area contributed by atoms with Gasteiger partial charge < -0.3 is 8.74 Å². The van der Waals surface area contributed by atoms with Gasteiger partial charge in [0.15, 0.2) is 0 Å². The molecule has 1 aliphatic heterocycles. The Morgan fingerprint density at radius 1 is 1.19 bits per heavy atom. The van der Waals surface area contributed by atoms with Crippen molar-refractivity contribution in [3.63, 3.8) is 0 Å². The average molecular weight is 325 g/mol. The van der Waals surface area contributed by atoms with Crippen LogP contribution in [0.5, 0.6) is 0 Å². The van der Waals surface area contributed by atoms with Crippen molar-refractivity contribution in [2.75, 3.05) is 7.05 Å². The molecule has 3 nitrogen and oxygen atoms in total. The molecule has 1 aliphatic rings. The number of nitrogens with zero attached hydrogens (tertiary/aromatic N) is 1. The van der Waals surface area contributed by atoms with Crippen LogP contribution in [-0.2, 0) is 8.74 Å². The van der Waals surface area contributed by atoms with E-state index in [4.69, 9.17) is 8.74 Å². The fraction of sp³-hybridized carbons (Fsp3) is 0.625. The largest absolute Gasteiger partial charge is 0.363 e. The first kappa shape index (κ1) is 17.1. The number of hydrogen-bond donors (Lipinski definition) is 0. The summed E-state index contributed by atoms with van der Waals surface area (Å²) in [6.45, 7) is 13.6. The van der Waals surface area contributed by atoms with E-state index >= 15 is 0 Å². The van der Waals surface area contributed by atoms with Crippen molar-refractivity contribution >= 4 is 16.8 Å². The fourth-order valence-electron chi connectivity index (χ4n) is 2.00. The summed E-state index contributed by atoms with van der Waals surface area (Å²) in [5.41, 5.74) is 1.24. The molecule has 1 aromatic carbocycles. The van der Waals surface area contributed by atoms with Gasteiger partial charge >= 0.3 is 0 Å². The van der Waals surface area contributed by atoms with Crippen molar-refractivity contribution in [2.45, 2.75) is 58.0 Å². The Kier molecular flexibility index (Phi) is 4.96. The van der Waals surface area contributed by atoms with E-state index in [9.17, 15) is 0 Å². The van der Waals surface area contributed by atoms with E-state index in [0.29, 0.717) is 6.04 Å². The predicted molar refractivity (Wildman–Crippen MR) is 92.7 cm³/mol. The highest BCUT2D eigenvalue weighted by Gasteiger charge is 2.46. The summed E-state index contributed by atoms with van der Waals surface area (Å²) in [6.07, 6.45) is 0.104. The van der Waals surface area contributed by atoms with E-state index in [1.807, 2.05) is 6.07 Å². The highest BCUT2D eigenvalue weighted by molar-refractivity contribution is 7.46. The molecular weight excluding hydrogens is 297 g/mol. The summed E-state index contributed by atoms with van der Waals surface area (Å²) < 4.78 is 15.1. The van der Waals surface area contributed by atoms with Crippen LogP contribution in [0.4, 0.5) is 0 Å². The van der Waals surface area contributed by atoms with Gasteiger partial charge in [-0.05, 0) is 37.7 Å². The van der Waals surface area contributed by atoms with Gasteiger partial charge in [-0.1, -0.05) is 51.1 Å². The van der Waals surface area contributed by atoms with Crippen LogP contribution in [0.1, 0.15) is 39.4 Å². The molecule has 0 saturated carbocycles. The summed E-state index contributed by atoms with van der Waals surface area (Å²) in [6, 6.07) is 10.8. The smallest absolute Gasteiger partial charge is 0.248 e. The Morgan fingerprint density at radius 2 is 1.76 bits per heavy atom. The van der Waals surface area contributed by atoms with Crippen LogP contribution >= 0.6 is 8.53 Å². The molecule has 0 aliphatic carbocycles. The lowest BCUT2D eigenvalue weighted by atomic mass is 10.0. The molecule has 0 spiro atoms. The van der Waals surface area contributed by atoms with Crippen molar-refractivity contribution in [3.8, 4) is 0 Å². The average Bonchev–Trinajstić information content (AvgIpc) is 2.66. The molecular formula is C16H28NO2PSi. The van der Waals surface area contributed by atoms with Crippen LogP contribution in [0.3, 0.4) is 0 Å². The van der Waals surface area contributed by atoms with E-state index < -0.39 is 16.8 Å². The van der Waals surface area contributed by atoms with Gasteiger partial charge in [0.25, 0.3) is 0 Å². The van der Waals surface area contributed by atoms with Crippen LogP contribution in [0.25, 0.3) is 0 Å². The van der Waals surface area contributed by atoms with Crippen molar-refractivity contribution < 1.29 is 8.74 Å². The van der Waals surface area contributed by atoms with Crippen molar-refractivity contribution in [3.05, 3.63) is 35.9 Å². The molecule has 0 unspecified atom stereocenters. The monoisotopic (exact) mass is 325 g/mol. The minimum absolute atomic E-state index is 0.104. The standard InChI is InChI=1S/C16H28NO2PSi/c1-13-15(14-11-9-8-10-12-14)18-20(17(13)5)19-21(6,7)16(2,3)4/h8-13,15H,1-7H3/t13-,15-,20-/m0/s1. The van der Waals surface area contributed by atoms with E-state index in [1.54, 1.807) is 0 Å². The summed E-state index contributed by atoms with van der Waals surface area (Å²) >= 11 is 0. The van der Waals surface area contributed by atoms with Crippen LogP contribution in [0, 0.1) is 0 Å². The third-order valence-electron chi connectivity index (χ3n) is 4.73. The first-order valence-corrected chi connectivity index (χ1v) is 11.6. The molecule has 118 valence electrons. The summed E-state index contributed by atoms with van der Waals surface area (Å²) in [5, 5.41) is 0.202. The number of benzene rings is 1. The van der Waals surface area contributed by atoms with Crippen LogP contribution in [0.2, 0.25) is 18.1 Å². The molecule has 1 saturated heterocycles. The fourth-order valence-corrected chi connectivity index (χ4v) is 6.41. The molecule has 1 heterocycles. The summed E-state index contributed by atoms with van der Waals surface area (Å²) in [4.78, 5) is 0. The van der Waals surface area contributed by atoms with Gasteiger partial charge in [0.2, 0.25) is 16.8 Å². The van der Waals surface area contributed by atoms with Gasteiger partial charge in [-0.25, -0.2) is 4.67 Å². The predicted octanol–water partition coefficient (Wildman–Crippen LogP) is 5.33. The Bertz CT molecular complexity index is 475. The highest BCUT2D eigenvalue weighted by Crippen LogP contribution is 2.59. The normalized spacial score (nSPS) is 28.0. The van der Waals surface area contributed by atoms with Gasteiger partial charge in [-0.15, -0.1) is 0 Å². The summed E-state index contributed by atoms with van der Waals surface area (Å²) in [7, 11) is -0.658. The maximum atomic E-state index is 6.51. The molecule has 0 radical (unpaired) electrons. The zero-order valence-corrected chi connectivity index (χ0v) is 16.1. The number of hydrogen-bond acceptors (Lipinski definition) is 3. The van der Waals surface area contributed by atoms with Gasteiger partial charge in [0.05, 0.1) is 0 Å². The van der Waals surface area contributed by atoms with E-state index in [1.165, 1.54) is 5.56 Å². The molecule has 0 aromatic heterocycles. The number of rotatable bonds is 3. The Morgan fingerprint density at radius 3 is 2.29 bits per heavy atom.